The molecule has 4 nitrogen and oxygen atoms in total. The molecule has 0 fully saturated rings. The fourth-order valence-electron chi connectivity index (χ4n) is 1.90. The van der Waals surface area contributed by atoms with Crippen LogP contribution in [0.2, 0.25) is 0 Å². The molecule has 98 valence electrons. The molecule has 1 rings (SSSR count). The SMILES string of the molecule is COC1=N[C@@](C)(CCI)C(OC)=N[C@@H]1C(C)C. The van der Waals surface area contributed by atoms with Crippen LogP contribution >= 0.6 is 22.6 Å². The topological polar surface area (TPSA) is 43.2 Å². The summed E-state index contributed by atoms with van der Waals surface area (Å²) in [6, 6.07) is -0.0303. The van der Waals surface area contributed by atoms with Gasteiger partial charge < -0.3 is 9.47 Å². The molecule has 0 aromatic heterocycles. The van der Waals surface area contributed by atoms with Gasteiger partial charge in [0, 0.05) is 4.43 Å². The van der Waals surface area contributed by atoms with E-state index >= 15 is 0 Å². The zero-order valence-electron chi connectivity index (χ0n) is 11.2. The Kier molecular flexibility index (Phi) is 5.22. The Hall–Kier alpha value is -0.330. The van der Waals surface area contributed by atoms with E-state index in [1.54, 1.807) is 14.2 Å². The van der Waals surface area contributed by atoms with Gasteiger partial charge in [0.05, 0.1) is 14.2 Å². The normalized spacial score (nSPS) is 28.8. The van der Waals surface area contributed by atoms with Crippen LogP contribution in [0.3, 0.4) is 0 Å². The highest BCUT2D eigenvalue weighted by molar-refractivity contribution is 14.1. The van der Waals surface area contributed by atoms with E-state index in [-0.39, 0.29) is 11.6 Å². The monoisotopic (exact) mass is 352 g/mol. The lowest BCUT2D eigenvalue weighted by Gasteiger charge is -2.33. The molecule has 0 aliphatic carbocycles. The minimum absolute atomic E-state index is 0.0303. The average molecular weight is 352 g/mol. The Bertz CT molecular complexity index is 328. The van der Waals surface area contributed by atoms with E-state index in [4.69, 9.17) is 14.5 Å². The Labute approximate surface area is 117 Å². The first-order valence-corrected chi connectivity index (χ1v) is 7.33. The summed E-state index contributed by atoms with van der Waals surface area (Å²) >= 11 is 2.34. The van der Waals surface area contributed by atoms with E-state index in [1.165, 1.54) is 0 Å². The van der Waals surface area contributed by atoms with Gasteiger partial charge in [-0.2, -0.15) is 0 Å². The summed E-state index contributed by atoms with van der Waals surface area (Å²) in [7, 11) is 3.32. The summed E-state index contributed by atoms with van der Waals surface area (Å²) < 4.78 is 11.8. The molecule has 0 N–H and O–H groups in total. The number of methoxy groups -OCH3 is 2. The van der Waals surface area contributed by atoms with E-state index in [9.17, 15) is 0 Å². The Balaban J connectivity index is 3.10. The Morgan fingerprint density at radius 1 is 1.35 bits per heavy atom. The fraction of sp³-hybridized carbons (Fsp3) is 0.833. The van der Waals surface area contributed by atoms with E-state index in [2.05, 4.69) is 41.4 Å². The zero-order chi connectivity index (χ0) is 13.1. The maximum Gasteiger partial charge on any atom is 0.212 e. The maximum absolute atomic E-state index is 5.42. The summed E-state index contributed by atoms with van der Waals surface area (Å²) in [5.41, 5.74) is -0.382. The van der Waals surface area contributed by atoms with Gasteiger partial charge in [-0.3, -0.25) is 0 Å². The number of hydrogen-bond acceptors (Lipinski definition) is 4. The average Bonchev–Trinajstić information content (AvgIpc) is 2.28. The van der Waals surface area contributed by atoms with Crippen LogP contribution in [0.1, 0.15) is 27.2 Å². The molecule has 17 heavy (non-hydrogen) atoms. The van der Waals surface area contributed by atoms with Crippen LogP contribution < -0.4 is 0 Å². The van der Waals surface area contributed by atoms with Gasteiger partial charge in [-0.25, -0.2) is 9.98 Å². The van der Waals surface area contributed by atoms with Crippen molar-refractivity contribution in [1.82, 2.24) is 0 Å². The van der Waals surface area contributed by atoms with Gasteiger partial charge in [-0.15, -0.1) is 0 Å². The molecular weight excluding hydrogens is 331 g/mol. The predicted octanol–water partition coefficient (Wildman–Crippen LogP) is 2.70. The smallest absolute Gasteiger partial charge is 0.212 e. The number of nitrogens with zero attached hydrogens (tertiary/aromatic N) is 2. The molecule has 0 unspecified atom stereocenters. The number of hydrogen-bond donors (Lipinski definition) is 0. The van der Waals surface area contributed by atoms with E-state index < -0.39 is 0 Å². The fourth-order valence-corrected chi connectivity index (χ4v) is 2.95. The largest absolute Gasteiger partial charge is 0.483 e. The first kappa shape index (κ1) is 14.7. The molecule has 0 saturated heterocycles. The van der Waals surface area contributed by atoms with Crippen molar-refractivity contribution in [2.24, 2.45) is 15.9 Å². The molecule has 1 aliphatic rings. The van der Waals surface area contributed by atoms with E-state index in [0.29, 0.717) is 17.7 Å². The number of rotatable bonds is 3. The molecule has 0 bridgehead atoms. The summed E-state index contributed by atoms with van der Waals surface area (Å²) in [5.74, 6) is 1.78. The molecule has 0 saturated carbocycles. The van der Waals surface area contributed by atoms with Crippen molar-refractivity contribution in [3.63, 3.8) is 0 Å². The zero-order valence-corrected chi connectivity index (χ0v) is 13.3. The van der Waals surface area contributed by atoms with Crippen molar-refractivity contribution >= 4 is 34.4 Å². The molecule has 1 heterocycles. The number of ether oxygens (including phenoxy) is 2. The lowest BCUT2D eigenvalue weighted by Crippen LogP contribution is -2.44. The standard InChI is InChI=1S/C12H21IN2O2/c1-8(2)9-10(16-4)15-12(3,6-7-13)11(14-9)17-5/h8-9H,6-7H2,1-5H3/t9-,12+/m1/s1. The lowest BCUT2D eigenvalue weighted by atomic mass is 9.95. The number of aliphatic imine (C=N–C) groups is 2. The second kappa shape index (κ2) is 6.02. The van der Waals surface area contributed by atoms with Crippen LogP contribution in [-0.4, -0.2) is 42.0 Å². The first-order chi connectivity index (χ1) is 7.98. The molecule has 0 radical (unpaired) electrons. The first-order valence-electron chi connectivity index (χ1n) is 5.80. The highest BCUT2D eigenvalue weighted by Crippen LogP contribution is 2.27. The van der Waals surface area contributed by atoms with Crippen LogP contribution in [-0.2, 0) is 9.47 Å². The third-order valence-corrected chi connectivity index (χ3v) is 3.48. The lowest BCUT2D eigenvalue weighted by molar-refractivity contribution is 0.309. The molecule has 1 aliphatic heterocycles. The third kappa shape index (κ3) is 3.11. The second-order valence-corrected chi connectivity index (χ2v) is 5.77. The van der Waals surface area contributed by atoms with Gasteiger partial charge in [-0.1, -0.05) is 36.4 Å². The quantitative estimate of drug-likeness (QED) is 0.579. The van der Waals surface area contributed by atoms with Crippen molar-refractivity contribution in [3.8, 4) is 0 Å². The van der Waals surface area contributed by atoms with Gasteiger partial charge in [-0.05, 0) is 19.3 Å². The molecular formula is C12H21IN2O2. The third-order valence-electron chi connectivity index (χ3n) is 2.94. The summed E-state index contributed by atoms with van der Waals surface area (Å²) in [5, 5.41) is 0. The second-order valence-electron chi connectivity index (χ2n) is 4.69. The van der Waals surface area contributed by atoms with Crippen molar-refractivity contribution in [3.05, 3.63) is 0 Å². The van der Waals surface area contributed by atoms with Crippen molar-refractivity contribution in [1.29, 1.82) is 0 Å². The predicted molar refractivity (Wildman–Crippen MR) is 79.4 cm³/mol. The van der Waals surface area contributed by atoms with Crippen LogP contribution in [0.5, 0.6) is 0 Å². The van der Waals surface area contributed by atoms with Gasteiger partial charge in [0.1, 0.15) is 11.6 Å². The van der Waals surface area contributed by atoms with E-state index in [1.807, 2.05) is 6.92 Å². The summed E-state index contributed by atoms with van der Waals surface area (Å²) in [6.07, 6.45) is 0.901. The van der Waals surface area contributed by atoms with Gasteiger partial charge in [0.2, 0.25) is 11.8 Å². The highest BCUT2D eigenvalue weighted by Gasteiger charge is 2.39. The van der Waals surface area contributed by atoms with Gasteiger partial charge in [0.15, 0.2) is 0 Å². The maximum atomic E-state index is 5.42. The van der Waals surface area contributed by atoms with Gasteiger partial charge >= 0.3 is 0 Å². The van der Waals surface area contributed by atoms with Crippen LogP contribution in [0.25, 0.3) is 0 Å². The highest BCUT2D eigenvalue weighted by atomic mass is 127. The van der Waals surface area contributed by atoms with Crippen molar-refractivity contribution in [2.45, 2.75) is 38.8 Å². The molecule has 0 aromatic carbocycles. The molecule has 0 amide bonds. The van der Waals surface area contributed by atoms with Crippen molar-refractivity contribution in [2.75, 3.05) is 18.6 Å². The van der Waals surface area contributed by atoms with Crippen molar-refractivity contribution < 1.29 is 9.47 Å². The van der Waals surface area contributed by atoms with Crippen LogP contribution in [0.15, 0.2) is 9.98 Å². The number of alkyl halides is 1. The number of halogens is 1. The minimum atomic E-state index is -0.382. The Morgan fingerprint density at radius 2 is 2.00 bits per heavy atom. The van der Waals surface area contributed by atoms with Crippen LogP contribution in [0, 0.1) is 5.92 Å². The Morgan fingerprint density at radius 3 is 2.41 bits per heavy atom. The minimum Gasteiger partial charge on any atom is -0.483 e. The summed E-state index contributed by atoms with van der Waals surface area (Å²) in [4.78, 5) is 9.37. The molecule has 0 spiro atoms. The van der Waals surface area contributed by atoms with Crippen LogP contribution in [0.4, 0.5) is 0 Å². The van der Waals surface area contributed by atoms with Gasteiger partial charge in [0.25, 0.3) is 0 Å². The molecule has 2 atom stereocenters. The summed E-state index contributed by atoms with van der Waals surface area (Å²) in [6.45, 7) is 6.26. The molecule has 0 aromatic rings. The van der Waals surface area contributed by atoms with E-state index in [0.717, 1.165) is 10.8 Å². The molecule has 5 heteroatoms.